The molecule has 1 heterocycles. The van der Waals surface area contributed by atoms with Gasteiger partial charge >= 0.3 is 5.97 Å². The van der Waals surface area contributed by atoms with Gasteiger partial charge in [-0.25, -0.2) is 4.79 Å². The number of carbonyl (C=O) groups is 1. The summed E-state index contributed by atoms with van der Waals surface area (Å²) in [5, 5.41) is 14.5. The summed E-state index contributed by atoms with van der Waals surface area (Å²) in [5.74, 6) is -0.0808. The largest absolute Gasteiger partial charge is 0.461 e. The third-order valence-corrected chi connectivity index (χ3v) is 6.33. The first-order valence-electron chi connectivity index (χ1n) is 10.7. The maximum Gasteiger partial charge on any atom is 0.365 e. The first kappa shape index (κ1) is 24.8. The van der Waals surface area contributed by atoms with Crippen molar-refractivity contribution in [3.05, 3.63) is 88.4 Å². The van der Waals surface area contributed by atoms with Gasteiger partial charge < -0.3 is 4.74 Å². The molecule has 0 aliphatic rings. The van der Waals surface area contributed by atoms with E-state index in [9.17, 15) is 4.79 Å². The Balaban J connectivity index is 1.78. The number of thioether (sulfide) groups is 1. The van der Waals surface area contributed by atoms with Crippen LogP contribution in [0.25, 0.3) is 17.1 Å². The van der Waals surface area contributed by atoms with E-state index in [2.05, 4.69) is 20.7 Å². The number of hydrogen-bond donors (Lipinski definition) is 1. The van der Waals surface area contributed by atoms with E-state index in [0.29, 0.717) is 26.6 Å². The van der Waals surface area contributed by atoms with Gasteiger partial charge in [0.1, 0.15) is 0 Å². The van der Waals surface area contributed by atoms with E-state index in [1.807, 2.05) is 66.1 Å². The molecule has 0 saturated heterocycles. The molecule has 4 rings (SSSR count). The summed E-state index contributed by atoms with van der Waals surface area (Å²) in [6.45, 7) is 3.89. The van der Waals surface area contributed by atoms with E-state index >= 15 is 0 Å². The molecule has 0 aliphatic carbocycles. The van der Waals surface area contributed by atoms with Crippen molar-refractivity contribution in [3.8, 4) is 17.1 Å². The van der Waals surface area contributed by atoms with Crippen molar-refractivity contribution in [2.45, 2.75) is 19.0 Å². The van der Waals surface area contributed by atoms with Gasteiger partial charge in [0.05, 0.1) is 17.3 Å². The van der Waals surface area contributed by atoms with Crippen LogP contribution in [0.15, 0.2) is 83.1 Å². The Kier molecular flexibility index (Phi) is 8.07. The molecule has 0 spiro atoms. The van der Waals surface area contributed by atoms with Gasteiger partial charge in [-0.15, -0.1) is 10.2 Å². The van der Waals surface area contributed by atoms with Gasteiger partial charge in [0.2, 0.25) is 10.2 Å². The first-order chi connectivity index (χ1) is 17.0. The lowest BCUT2D eigenvalue weighted by Crippen LogP contribution is -2.17. The summed E-state index contributed by atoms with van der Waals surface area (Å²) in [6, 6.07) is 22.3. The standard InChI is InChI=1S/C25H21Cl2N5O2S/c1-3-34-24(33)23(30-28-21-12-8-7-9-16(21)2)35-25-31-29-22(19-14-13-17(26)15-20(19)27)32(25)18-10-5-4-6-11-18/h4-15,28H,3H2,1-2H3/b30-23-. The highest BCUT2D eigenvalue weighted by molar-refractivity contribution is 8.15. The molecule has 7 nitrogen and oxygen atoms in total. The third-order valence-electron chi connectivity index (χ3n) is 4.88. The van der Waals surface area contributed by atoms with Crippen molar-refractivity contribution in [2.75, 3.05) is 12.0 Å². The number of nitrogens with one attached hydrogen (secondary N) is 1. The zero-order valence-corrected chi connectivity index (χ0v) is 21.2. The molecular formula is C25H21Cl2N5O2S. The van der Waals surface area contributed by atoms with E-state index in [1.165, 1.54) is 0 Å². The number of carbonyl (C=O) groups excluding carboxylic acids is 1. The fourth-order valence-electron chi connectivity index (χ4n) is 3.19. The van der Waals surface area contributed by atoms with E-state index in [4.69, 9.17) is 27.9 Å². The third kappa shape index (κ3) is 5.85. The van der Waals surface area contributed by atoms with Crippen LogP contribution < -0.4 is 5.43 Å². The Hall–Kier alpha value is -3.33. The SMILES string of the molecule is CCOC(=O)/C(=N/Nc1ccccc1C)Sc1nnc(-c2ccc(Cl)cc2Cl)n1-c1ccccc1. The summed E-state index contributed by atoms with van der Waals surface area (Å²) < 4.78 is 7.05. The minimum absolute atomic E-state index is 0.0773. The lowest BCUT2D eigenvalue weighted by atomic mass is 10.2. The van der Waals surface area contributed by atoms with Crippen molar-refractivity contribution in [1.82, 2.24) is 14.8 Å². The molecule has 35 heavy (non-hydrogen) atoms. The maximum atomic E-state index is 12.8. The van der Waals surface area contributed by atoms with Gasteiger partial charge in [-0.05, 0) is 67.6 Å². The highest BCUT2D eigenvalue weighted by Crippen LogP contribution is 2.34. The molecule has 0 amide bonds. The van der Waals surface area contributed by atoms with E-state index in [0.717, 1.165) is 28.7 Å². The maximum absolute atomic E-state index is 12.8. The zero-order valence-electron chi connectivity index (χ0n) is 18.9. The summed E-state index contributed by atoms with van der Waals surface area (Å²) in [7, 11) is 0. The second kappa shape index (κ2) is 11.4. The molecule has 0 radical (unpaired) electrons. The Morgan fingerprint density at radius 1 is 1.06 bits per heavy atom. The van der Waals surface area contributed by atoms with Crippen molar-refractivity contribution in [2.24, 2.45) is 5.10 Å². The van der Waals surface area contributed by atoms with Crippen molar-refractivity contribution in [3.63, 3.8) is 0 Å². The van der Waals surface area contributed by atoms with Gasteiger partial charge in [-0.1, -0.05) is 59.6 Å². The molecule has 0 bridgehead atoms. The fraction of sp³-hybridized carbons (Fsp3) is 0.120. The predicted molar refractivity (Wildman–Crippen MR) is 142 cm³/mol. The number of aromatic nitrogens is 3. The quantitative estimate of drug-likeness (QED) is 0.0999. The second-order valence-corrected chi connectivity index (χ2v) is 9.07. The van der Waals surface area contributed by atoms with Crippen LogP contribution in [-0.4, -0.2) is 32.4 Å². The highest BCUT2D eigenvalue weighted by Gasteiger charge is 2.23. The number of para-hydroxylation sites is 2. The average Bonchev–Trinajstić information content (AvgIpc) is 3.26. The summed E-state index contributed by atoms with van der Waals surface area (Å²) in [4.78, 5) is 12.8. The smallest absolute Gasteiger partial charge is 0.365 e. The van der Waals surface area contributed by atoms with Crippen LogP contribution in [0.1, 0.15) is 12.5 Å². The Morgan fingerprint density at radius 2 is 1.80 bits per heavy atom. The number of rotatable bonds is 6. The van der Waals surface area contributed by atoms with Gasteiger partial charge in [-0.3, -0.25) is 9.99 Å². The van der Waals surface area contributed by atoms with Crippen LogP contribution in [0.5, 0.6) is 0 Å². The number of halogens is 2. The lowest BCUT2D eigenvalue weighted by Gasteiger charge is -2.12. The molecule has 0 aliphatic heterocycles. The van der Waals surface area contributed by atoms with Crippen LogP contribution in [0.3, 0.4) is 0 Å². The van der Waals surface area contributed by atoms with E-state index in [-0.39, 0.29) is 11.7 Å². The zero-order chi connectivity index (χ0) is 24.8. The molecule has 1 aromatic heterocycles. The number of anilines is 1. The lowest BCUT2D eigenvalue weighted by molar-refractivity contribution is -0.134. The second-order valence-electron chi connectivity index (χ2n) is 7.27. The Morgan fingerprint density at radius 3 is 2.51 bits per heavy atom. The van der Waals surface area contributed by atoms with Crippen LogP contribution in [0, 0.1) is 6.92 Å². The molecule has 178 valence electrons. The van der Waals surface area contributed by atoms with Crippen LogP contribution in [0.2, 0.25) is 10.0 Å². The number of ether oxygens (including phenoxy) is 1. The predicted octanol–water partition coefficient (Wildman–Crippen LogP) is 6.63. The number of aryl methyl sites for hydroxylation is 1. The molecule has 3 aromatic carbocycles. The molecule has 0 atom stereocenters. The molecule has 4 aromatic rings. The number of hydrogen-bond acceptors (Lipinski definition) is 7. The van der Waals surface area contributed by atoms with Crippen LogP contribution in [-0.2, 0) is 9.53 Å². The number of hydrazone groups is 1. The molecule has 0 saturated carbocycles. The molecule has 1 N–H and O–H groups in total. The monoisotopic (exact) mass is 525 g/mol. The minimum Gasteiger partial charge on any atom is -0.461 e. The van der Waals surface area contributed by atoms with Gasteiger partial charge in [0, 0.05) is 16.3 Å². The van der Waals surface area contributed by atoms with Crippen molar-refractivity contribution in [1.29, 1.82) is 0 Å². The number of nitrogens with zero attached hydrogens (tertiary/aromatic N) is 4. The van der Waals surface area contributed by atoms with Crippen LogP contribution >= 0.6 is 35.0 Å². The minimum atomic E-state index is -0.577. The first-order valence-corrected chi connectivity index (χ1v) is 12.3. The van der Waals surface area contributed by atoms with E-state index < -0.39 is 5.97 Å². The van der Waals surface area contributed by atoms with Crippen molar-refractivity contribution < 1.29 is 9.53 Å². The van der Waals surface area contributed by atoms with Crippen LogP contribution in [0.4, 0.5) is 5.69 Å². The summed E-state index contributed by atoms with van der Waals surface area (Å²) in [5.41, 5.74) is 6.15. The highest BCUT2D eigenvalue weighted by atomic mass is 35.5. The van der Waals surface area contributed by atoms with Gasteiger partial charge in [0.15, 0.2) is 5.82 Å². The Bertz CT molecular complexity index is 1380. The van der Waals surface area contributed by atoms with Gasteiger partial charge in [-0.2, -0.15) is 5.10 Å². The Labute approximate surface area is 217 Å². The fourth-order valence-corrected chi connectivity index (χ4v) is 4.45. The molecular weight excluding hydrogens is 505 g/mol. The summed E-state index contributed by atoms with van der Waals surface area (Å²) in [6.07, 6.45) is 0. The van der Waals surface area contributed by atoms with Crippen molar-refractivity contribution >= 4 is 51.7 Å². The average molecular weight is 526 g/mol. The summed E-state index contributed by atoms with van der Waals surface area (Å²) >= 11 is 13.6. The van der Waals surface area contributed by atoms with Gasteiger partial charge in [0.25, 0.3) is 0 Å². The normalized spacial score (nSPS) is 11.4. The number of benzene rings is 3. The van der Waals surface area contributed by atoms with E-state index in [1.54, 1.807) is 25.1 Å². The number of esters is 1. The topological polar surface area (TPSA) is 81.4 Å². The molecule has 10 heteroatoms. The molecule has 0 unspecified atom stereocenters. The molecule has 0 fully saturated rings.